The van der Waals surface area contributed by atoms with E-state index in [0.29, 0.717) is 0 Å². The maximum absolute atomic E-state index is 4.41. The molecule has 0 unspecified atom stereocenters. The van der Waals surface area contributed by atoms with Gasteiger partial charge in [0.05, 0.1) is 11.4 Å². The van der Waals surface area contributed by atoms with E-state index in [1.807, 2.05) is 18.7 Å². The Balaban J connectivity index is 2.58. The van der Waals surface area contributed by atoms with Crippen molar-refractivity contribution in [2.45, 2.75) is 13.8 Å². The minimum absolute atomic E-state index is 1.09. The molecule has 0 saturated carbocycles. The predicted molar refractivity (Wildman–Crippen MR) is 65.8 cm³/mol. The van der Waals surface area contributed by atoms with Crippen LogP contribution in [0.3, 0.4) is 0 Å². The van der Waals surface area contributed by atoms with Gasteiger partial charge < -0.3 is 0 Å². The number of hydrogen-bond acceptors (Lipinski definition) is 1. The van der Waals surface area contributed by atoms with E-state index >= 15 is 0 Å². The van der Waals surface area contributed by atoms with Crippen LogP contribution in [0.4, 0.5) is 0 Å². The van der Waals surface area contributed by atoms with Crippen molar-refractivity contribution in [3.63, 3.8) is 0 Å². The van der Waals surface area contributed by atoms with Crippen LogP contribution in [-0.2, 0) is 7.05 Å². The molecule has 0 fully saturated rings. The highest BCUT2D eigenvalue weighted by molar-refractivity contribution is 9.10. The molecule has 0 amide bonds. The van der Waals surface area contributed by atoms with Gasteiger partial charge in [-0.2, -0.15) is 5.10 Å². The molecule has 1 heterocycles. The van der Waals surface area contributed by atoms with Gasteiger partial charge in [-0.15, -0.1) is 0 Å². The van der Waals surface area contributed by atoms with E-state index in [1.54, 1.807) is 0 Å². The molecular weight excluding hydrogens is 252 g/mol. The summed E-state index contributed by atoms with van der Waals surface area (Å²) < 4.78 is 3.04. The van der Waals surface area contributed by atoms with Crippen molar-refractivity contribution >= 4 is 15.9 Å². The zero-order chi connectivity index (χ0) is 11.0. The van der Waals surface area contributed by atoms with Gasteiger partial charge >= 0.3 is 0 Å². The Bertz CT molecular complexity index is 483. The van der Waals surface area contributed by atoms with Crippen molar-refractivity contribution in [1.82, 2.24) is 9.78 Å². The van der Waals surface area contributed by atoms with Crippen LogP contribution in [0, 0.1) is 13.8 Å². The van der Waals surface area contributed by atoms with Crippen LogP contribution < -0.4 is 0 Å². The van der Waals surface area contributed by atoms with Crippen molar-refractivity contribution in [2.24, 2.45) is 7.05 Å². The fourth-order valence-electron chi connectivity index (χ4n) is 1.78. The number of halogens is 1. The van der Waals surface area contributed by atoms with E-state index in [4.69, 9.17) is 0 Å². The number of aryl methyl sites for hydroxylation is 2. The third kappa shape index (κ3) is 1.84. The molecule has 2 rings (SSSR count). The smallest absolute Gasteiger partial charge is 0.0710 e. The quantitative estimate of drug-likeness (QED) is 0.772. The Morgan fingerprint density at radius 3 is 2.20 bits per heavy atom. The highest BCUT2D eigenvalue weighted by atomic mass is 79.9. The number of nitrogens with zero attached hydrogens (tertiary/aromatic N) is 2. The van der Waals surface area contributed by atoms with Crippen molar-refractivity contribution in [1.29, 1.82) is 0 Å². The first-order valence-corrected chi connectivity index (χ1v) is 5.65. The lowest BCUT2D eigenvalue weighted by atomic mass is 10.1. The third-order valence-corrected chi connectivity index (χ3v) is 3.17. The Kier molecular flexibility index (Phi) is 2.65. The summed E-state index contributed by atoms with van der Waals surface area (Å²) in [5.74, 6) is 0. The Morgan fingerprint density at radius 1 is 1.13 bits per heavy atom. The van der Waals surface area contributed by atoms with Gasteiger partial charge in [-0.25, -0.2) is 0 Å². The van der Waals surface area contributed by atoms with Gasteiger partial charge in [0.15, 0.2) is 0 Å². The SMILES string of the molecule is Cc1nn(C)c(-c2ccc(Br)cc2)c1C. The Morgan fingerprint density at radius 2 is 1.73 bits per heavy atom. The summed E-state index contributed by atoms with van der Waals surface area (Å²) >= 11 is 3.44. The molecule has 0 spiro atoms. The third-order valence-electron chi connectivity index (χ3n) is 2.64. The van der Waals surface area contributed by atoms with Gasteiger partial charge in [-0.1, -0.05) is 28.1 Å². The second kappa shape index (κ2) is 3.81. The van der Waals surface area contributed by atoms with Crippen molar-refractivity contribution in [3.8, 4) is 11.3 Å². The highest BCUT2D eigenvalue weighted by Crippen LogP contribution is 2.25. The normalized spacial score (nSPS) is 10.7. The lowest BCUT2D eigenvalue weighted by molar-refractivity contribution is 0.764. The molecule has 1 aromatic carbocycles. The molecule has 2 aromatic rings. The number of rotatable bonds is 1. The largest absolute Gasteiger partial charge is 0.267 e. The molecule has 0 aliphatic heterocycles. The monoisotopic (exact) mass is 264 g/mol. The van der Waals surface area contributed by atoms with Gasteiger partial charge in [0, 0.05) is 17.1 Å². The molecule has 0 saturated heterocycles. The topological polar surface area (TPSA) is 17.8 Å². The number of hydrogen-bond donors (Lipinski definition) is 0. The Hall–Kier alpha value is -1.09. The summed E-state index contributed by atoms with van der Waals surface area (Å²) in [7, 11) is 1.98. The zero-order valence-corrected chi connectivity index (χ0v) is 10.7. The average molecular weight is 265 g/mol. The summed E-state index contributed by atoms with van der Waals surface area (Å²) in [6.45, 7) is 4.15. The maximum Gasteiger partial charge on any atom is 0.0710 e. The molecular formula is C12H13BrN2. The average Bonchev–Trinajstić information content (AvgIpc) is 2.44. The molecule has 1 aromatic heterocycles. The first kappa shape index (κ1) is 10.4. The van der Waals surface area contributed by atoms with E-state index in [1.165, 1.54) is 16.8 Å². The van der Waals surface area contributed by atoms with E-state index in [9.17, 15) is 0 Å². The standard InChI is InChI=1S/C12H13BrN2/c1-8-9(2)14-15(3)12(8)10-4-6-11(13)7-5-10/h4-7H,1-3H3. The first-order chi connectivity index (χ1) is 7.09. The van der Waals surface area contributed by atoms with Crippen LogP contribution in [-0.4, -0.2) is 9.78 Å². The summed E-state index contributed by atoms with van der Waals surface area (Å²) in [6, 6.07) is 8.31. The fourth-order valence-corrected chi connectivity index (χ4v) is 2.04. The fraction of sp³-hybridized carbons (Fsp3) is 0.250. The maximum atomic E-state index is 4.41. The minimum Gasteiger partial charge on any atom is -0.267 e. The summed E-state index contributed by atoms with van der Waals surface area (Å²) in [5.41, 5.74) is 4.74. The van der Waals surface area contributed by atoms with Gasteiger partial charge in [0.1, 0.15) is 0 Å². The molecule has 0 aliphatic carbocycles. The van der Waals surface area contributed by atoms with Crippen LogP contribution in [0.15, 0.2) is 28.7 Å². The molecule has 0 atom stereocenters. The first-order valence-electron chi connectivity index (χ1n) is 4.85. The Labute approximate surface area is 98.1 Å². The second-order valence-corrected chi connectivity index (χ2v) is 4.61. The molecule has 3 heteroatoms. The van der Waals surface area contributed by atoms with Crippen LogP contribution in [0.5, 0.6) is 0 Å². The lowest BCUT2D eigenvalue weighted by Crippen LogP contribution is -1.94. The molecule has 0 bridgehead atoms. The van der Waals surface area contributed by atoms with E-state index in [-0.39, 0.29) is 0 Å². The highest BCUT2D eigenvalue weighted by Gasteiger charge is 2.10. The van der Waals surface area contributed by atoms with Crippen molar-refractivity contribution in [3.05, 3.63) is 40.0 Å². The van der Waals surface area contributed by atoms with E-state index < -0.39 is 0 Å². The van der Waals surface area contributed by atoms with Gasteiger partial charge in [0.25, 0.3) is 0 Å². The zero-order valence-electron chi connectivity index (χ0n) is 9.08. The van der Waals surface area contributed by atoms with Gasteiger partial charge in [-0.05, 0) is 31.5 Å². The molecule has 15 heavy (non-hydrogen) atoms. The lowest BCUT2D eigenvalue weighted by Gasteiger charge is -2.03. The molecule has 78 valence electrons. The van der Waals surface area contributed by atoms with Gasteiger partial charge in [0.2, 0.25) is 0 Å². The number of aromatic nitrogens is 2. The van der Waals surface area contributed by atoms with Crippen LogP contribution in [0.25, 0.3) is 11.3 Å². The van der Waals surface area contributed by atoms with E-state index in [0.717, 1.165) is 10.2 Å². The minimum atomic E-state index is 1.09. The molecule has 0 aliphatic rings. The van der Waals surface area contributed by atoms with Gasteiger partial charge in [-0.3, -0.25) is 4.68 Å². The summed E-state index contributed by atoms with van der Waals surface area (Å²) in [6.07, 6.45) is 0. The predicted octanol–water partition coefficient (Wildman–Crippen LogP) is 3.47. The van der Waals surface area contributed by atoms with Crippen LogP contribution in [0.1, 0.15) is 11.3 Å². The van der Waals surface area contributed by atoms with Crippen LogP contribution in [0.2, 0.25) is 0 Å². The van der Waals surface area contributed by atoms with Crippen molar-refractivity contribution < 1.29 is 0 Å². The number of benzene rings is 1. The van der Waals surface area contributed by atoms with Crippen molar-refractivity contribution in [2.75, 3.05) is 0 Å². The molecule has 0 radical (unpaired) electrons. The summed E-state index contributed by atoms with van der Waals surface area (Å²) in [5, 5.41) is 4.41. The molecule has 2 nitrogen and oxygen atoms in total. The van der Waals surface area contributed by atoms with E-state index in [2.05, 4.69) is 52.2 Å². The molecule has 0 N–H and O–H groups in total. The second-order valence-electron chi connectivity index (χ2n) is 3.69. The summed E-state index contributed by atoms with van der Waals surface area (Å²) in [4.78, 5) is 0. The van der Waals surface area contributed by atoms with Crippen LogP contribution >= 0.6 is 15.9 Å².